The van der Waals surface area contributed by atoms with E-state index in [0.717, 1.165) is 0 Å². The molecule has 0 unspecified atom stereocenters. The fraction of sp³-hybridized carbons (Fsp3) is 0.455. The number of rotatable bonds is 5. The van der Waals surface area contributed by atoms with Crippen molar-refractivity contribution in [2.24, 2.45) is 0 Å². The zero-order chi connectivity index (χ0) is 12.1. The molecule has 0 saturated carbocycles. The predicted molar refractivity (Wildman–Crippen MR) is 57.2 cm³/mol. The second-order valence-electron chi connectivity index (χ2n) is 3.59. The maximum atomic E-state index is 11.6. The molecule has 1 rings (SSSR count). The van der Waals surface area contributed by atoms with Gasteiger partial charge in [-0.25, -0.2) is 4.79 Å². The smallest absolute Gasteiger partial charge is 0.326 e. The second kappa shape index (κ2) is 5.34. The van der Waals surface area contributed by atoms with Gasteiger partial charge in [0, 0.05) is 5.56 Å². The van der Waals surface area contributed by atoms with Gasteiger partial charge in [-0.2, -0.15) is 0 Å². The van der Waals surface area contributed by atoms with Gasteiger partial charge in [0.1, 0.15) is 6.04 Å². The molecule has 88 valence electrons. The first-order chi connectivity index (χ1) is 7.56. The number of nitrogens with one attached hydrogen (secondary N) is 1. The Hall–Kier alpha value is -1.78. The van der Waals surface area contributed by atoms with Crippen molar-refractivity contribution < 1.29 is 19.1 Å². The van der Waals surface area contributed by atoms with Crippen LogP contribution in [0.3, 0.4) is 0 Å². The number of aliphatic carboxylic acids is 1. The average molecular weight is 225 g/mol. The highest BCUT2D eigenvalue weighted by molar-refractivity contribution is 5.95. The molecule has 5 nitrogen and oxygen atoms in total. The van der Waals surface area contributed by atoms with Crippen molar-refractivity contribution in [3.05, 3.63) is 23.7 Å². The molecule has 1 aromatic rings. The summed E-state index contributed by atoms with van der Waals surface area (Å²) in [6.07, 6.45) is 2.50. The number of amides is 1. The van der Waals surface area contributed by atoms with Gasteiger partial charge < -0.3 is 14.8 Å². The van der Waals surface area contributed by atoms with Crippen molar-refractivity contribution in [1.82, 2.24) is 5.32 Å². The summed E-state index contributed by atoms with van der Waals surface area (Å²) in [5.74, 6) is -1.34. The number of aryl methyl sites for hydroxylation is 1. The molecule has 0 radical (unpaired) electrons. The minimum Gasteiger partial charge on any atom is -0.480 e. The summed E-state index contributed by atoms with van der Waals surface area (Å²) in [6.45, 7) is 3.59. The van der Waals surface area contributed by atoms with Crippen LogP contribution in [0.25, 0.3) is 0 Å². The molecule has 0 aliphatic heterocycles. The lowest BCUT2D eigenvalue weighted by Crippen LogP contribution is -2.40. The third-order valence-electron chi connectivity index (χ3n) is 2.25. The normalized spacial score (nSPS) is 12.1. The van der Waals surface area contributed by atoms with E-state index in [1.54, 1.807) is 13.0 Å². The molecule has 0 aliphatic carbocycles. The zero-order valence-electron chi connectivity index (χ0n) is 9.32. The van der Waals surface area contributed by atoms with E-state index < -0.39 is 17.9 Å². The third kappa shape index (κ3) is 2.85. The van der Waals surface area contributed by atoms with E-state index in [-0.39, 0.29) is 5.76 Å². The fourth-order valence-corrected chi connectivity index (χ4v) is 1.38. The number of hydrogen-bond acceptors (Lipinski definition) is 3. The van der Waals surface area contributed by atoms with Gasteiger partial charge in [0.2, 0.25) is 0 Å². The van der Waals surface area contributed by atoms with Crippen LogP contribution in [0.2, 0.25) is 0 Å². The largest absolute Gasteiger partial charge is 0.480 e. The Kier molecular flexibility index (Phi) is 4.10. The molecule has 16 heavy (non-hydrogen) atoms. The van der Waals surface area contributed by atoms with E-state index in [1.807, 2.05) is 6.92 Å². The van der Waals surface area contributed by atoms with Crippen molar-refractivity contribution in [3.8, 4) is 0 Å². The molecule has 1 heterocycles. The van der Waals surface area contributed by atoms with Crippen LogP contribution in [-0.4, -0.2) is 23.0 Å². The Bertz CT molecular complexity index is 383. The van der Waals surface area contributed by atoms with Gasteiger partial charge >= 0.3 is 5.97 Å². The van der Waals surface area contributed by atoms with E-state index in [1.165, 1.54) is 6.26 Å². The van der Waals surface area contributed by atoms with Crippen molar-refractivity contribution >= 4 is 11.9 Å². The SMILES string of the molecule is CCC[C@@H](NC(=O)c1occc1C)C(=O)O. The first kappa shape index (κ1) is 12.3. The molecule has 0 saturated heterocycles. The number of hydrogen-bond donors (Lipinski definition) is 2. The highest BCUT2D eigenvalue weighted by atomic mass is 16.4. The lowest BCUT2D eigenvalue weighted by molar-refractivity contribution is -0.139. The first-order valence-corrected chi connectivity index (χ1v) is 5.14. The second-order valence-corrected chi connectivity index (χ2v) is 3.59. The monoisotopic (exact) mass is 225 g/mol. The maximum Gasteiger partial charge on any atom is 0.326 e. The van der Waals surface area contributed by atoms with Crippen LogP contribution in [-0.2, 0) is 4.79 Å². The Morgan fingerprint density at radius 3 is 2.69 bits per heavy atom. The standard InChI is InChI=1S/C11H15NO4/c1-3-4-8(11(14)15)12-10(13)9-7(2)5-6-16-9/h5-6,8H,3-4H2,1-2H3,(H,12,13)(H,14,15)/t8-/m1/s1. The van der Waals surface area contributed by atoms with Crippen LogP contribution >= 0.6 is 0 Å². The van der Waals surface area contributed by atoms with Gasteiger partial charge in [0.15, 0.2) is 5.76 Å². The van der Waals surface area contributed by atoms with Gasteiger partial charge in [-0.1, -0.05) is 13.3 Å². The molecular formula is C11H15NO4. The Balaban J connectivity index is 2.69. The Morgan fingerprint density at radius 2 is 2.25 bits per heavy atom. The van der Waals surface area contributed by atoms with Gasteiger partial charge in [0.25, 0.3) is 5.91 Å². The fourth-order valence-electron chi connectivity index (χ4n) is 1.38. The quantitative estimate of drug-likeness (QED) is 0.797. The average Bonchev–Trinajstić information content (AvgIpc) is 2.63. The molecular weight excluding hydrogens is 210 g/mol. The topological polar surface area (TPSA) is 79.5 Å². The van der Waals surface area contributed by atoms with E-state index in [0.29, 0.717) is 18.4 Å². The number of carbonyl (C=O) groups excluding carboxylic acids is 1. The van der Waals surface area contributed by atoms with Crippen molar-refractivity contribution in [2.45, 2.75) is 32.7 Å². The van der Waals surface area contributed by atoms with Crippen LogP contribution < -0.4 is 5.32 Å². The van der Waals surface area contributed by atoms with Gasteiger partial charge in [-0.05, 0) is 19.4 Å². The molecule has 0 bridgehead atoms. The minimum absolute atomic E-state index is 0.169. The summed E-state index contributed by atoms with van der Waals surface area (Å²) in [5, 5.41) is 11.3. The van der Waals surface area contributed by atoms with Crippen LogP contribution in [0.1, 0.15) is 35.9 Å². The Labute approximate surface area is 93.4 Å². The van der Waals surface area contributed by atoms with Crippen molar-refractivity contribution in [2.75, 3.05) is 0 Å². The van der Waals surface area contributed by atoms with E-state index >= 15 is 0 Å². The van der Waals surface area contributed by atoms with Gasteiger partial charge in [-0.3, -0.25) is 4.79 Å². The number of furan rings is 1. The van der Waals surface area contributed by atoms with E-state index in [9.17, 15) is 9.59 Å². The zero-order valence-corrected chi connectivity index (χ0v) is 9.32. The first-order valence-electron chi connectivity index (χ1n) is 5.14. The summed E-state index contributed by atoms with van der Waals surface area (Å²) < 4.78 is 4.98. The maximum absolute atomic E-state index is 11.6. The lowest BCUT2D eigenvalue weighted by Gasteiger charge is -2.12. The summed E-state index contributed by atoms with van der Waals surface area (Å²) >= 11 is 0. The van der Waals surface area contributed by atoms with Crippen molar-refractivity contribution in [1.29, 1.82) is 0 Å². The van der Waals surface area contributed by atoms with Gasteiger partial charge in [0.05, 0.1) is 6.26 Å². The predicted octanol–water partition coefficient (Wildman–Crippen LogP) is 1.57. The molecule has 0 fully saturated rings. The molecule has 1 amide bonds. The molecule has 1 aromatic heterocycles. The summed E-state index contributed by atoms with van der Waals surface area (Å²) in [7, 11) is 0. The van der Waals surface area contributed by atoms with Crippen LogP contribution in [0, 0.1) is 6.92 Å². The van der Waals surface area contributed by atoms with Gasteiger partial charge in [-0.15, -0.1) is 0 Å². The summed E-state index contributed by atoms with van der Waals surface area (Å²) in [4.78, 5) is 22.5. The highest BCUT2D eigenvalue weighted by Gasteiger charge is 2.21. The third-order valence-corrected chi connectivity index (χ3v) is 2.25. The molecule has 5 heteroatoms. The summed E-state index contributed by atoms with van der Waals surface area (Å²) in [6, 6.07) is 0.798. The van der Waals surface area contributed by atoms with Crippen LogP contribution in [0.15, 0.2) is 16.7 Å². The molecule has 0 aliphatic rings. The lowest BCUT2D eigenvalue weighted by atomic mass is 10.1. The number of carboxylic acids is 1. The van der Waals surface area contributed by atoms with Crippen LogP contribution in [0.5, 0.6) is 0 Å². The van der Waals surface area contributed by atoms with E-state index in [4.69, 9.17) is 9.52 Å². The minimum atomic E-state index is -1.03. The van der Waals surface area contributed by atoms with E-state index in [2.05, 4.69) is 5.32 Å². The number of carbonyl (C=O) groups is 2. The van der Waals surface area contributed by atoms with Crippen molar-refractivity contribution in [3.63, 3.8) is 0 Å². The molecule has 0 aromatic carbocycles. The highest BCUT2D eigenvalue weighted by Crippen LogP contribution is 2.09. The summed E-state index contributed by atoms with van der Waals surface area (Å²) in [5.41, 5.74) is 0.693. The molecule has 2 N–H and O–H groups in total. The molecule has 1 atom stereocenters. The van der Waals surface area contributed by atoms with Crippen LogP contribution in [0.4, 0.5) is 0 Å². The molecule has 0 spiro atoms. The number of carboxylic acid groups (broad SMARTS) is 1. The Morgan fingerprint density at radius 1 is 1.56 bits per heavy atom.